The molecule has 33 heavy (non-hydrogen) atoms. The standard InChI is InChI=1S/C24H24N6O3/c1-15-3-5-21(30-25-7-8-26-30)19(9-15)23(31)28-11-16-13-29(14-17(16)12-28)24-27-20-10-18(32-2)4-6-22(20)33-24/h3-10,16-17H,11-14H2,1-2H3. The largest absolute Gasteiger partial charge is 0.497 e. The predicted molar refractivity (Wildman–Crippen MR) is 122 cm³/mol. The maximum atomic E-state index is 13.5. The van der Waals surface area contributed by atoms with Gasteiger partial charge in [-0.05, 0) is 31.2 Å². The first-order valence-corrected chi connectivity index (χ1v) is 11.0. The molecule has 9 heteroatoms. The SMILES string of the molecule is COc1ccc2oc(N3CC4CN(C(=O)c5cc(C)ccc5-n5nccn5)CC4C3)nc2c1. The smallest absolute Gasteiger partial charge is 0.298 e. The van der Waals surface area contributed by atoms with Crippen LogP contribution in [0.25, 0.3) is 16.8 Å². The van der Waals surface area contributed by atoms with E-state index in [1.165, 1.54) is 4.80 Å². The molecule has 1 amide bonds. The van der Waals surface area contributed by atoms with Gasteiger partial charge in [0.1, 0.15) is 11.3 Å². The molecule has 2 aliphatic heterocycles. The van der Waals surface area contributed by atoms with Crippen LogP contribution in [-0.2, 0) is 0 Å². The van der Waals surface area contributed by atoms with E-state index >= 15 is 0 Å². The molecular weight excluding hydrogens is 420 g/mol. The topological polar surface area (TPSA) is 89.5 Å². The number of aromatic nitrogens is 4. The number of nitrogens with zero attached hydrogens (tertiary/aromatic N) is 6. The molecule has 0 aliphatic carbocycles. The third kappa shape index (κ3) is 3.40. The van der Waals surface area contributed by atoms with Gasteiger partial charge < -0.3 is 19.0 Å². The van der Waals surface area contributed by atoms with Crippen molar-refractivity contribution in [2.24, 2.45) is 11.8 Å². The number of ether oxygens (including phenoxy) is 1. The number of amides is 1. The molecule has 9 nitrogen and oxygen atoms in total. The quantitative estimate of drug-likeness (QED) is 0.478. The molecule has 4 heterocycles. The Morgan fingerprint density at radius 1 is 1.03 bits per heavy atom. The molecule has 0 bridgehead atoms. The van der Waals surface area contributed by atoms with Crippen LogP contribution in [0.5, 0.6) is 5.75 Å². The number of fused-ring (bicyclic) bond motifs is 2. The minimum Gasteiger partial charge on any atom is -0.497 e. The highest BCUT2D eigenvalue weighted by molar-refractivity contribution is 5.98. The minimum absolute atomic E-state index is 0.0286. The van der Waals surface area contributed by atoms with E-state index in [-0.39, 0.29) is 5.91 Å². The molecule has 2 aromatic carbocycles. The Kier molecular flexibility index (Phi) is 4.56. The summed E-state index contributed by atoms with van der Waals surface area (Å²) in [7, 11) is 1.64. The average molecular weight is 444 g/mol. The lowest BCUT2D eigenvalue weighted by Crippen LogP contribution is -2.34. The molecule has 2 atom stereocenters. The van der Waals surface area contributed by atoms with E-state index in [2.05, 4.69) is 20.1 Å². The highest BCUT2D eigenvalue weighted by Crippen LogP contribution is 2.36. The second kappa shape index (κ2) is 7.61. The van der Waals surface area contributed by atoms with Gasteiger partial charge in [0, 0.05) is 44.1 Å². The van der Waals surface area contributed by atoms with Crippen LogP contribution in [0.2, 0.25) is 0 Å². The fraction of sp³-hybridized carbons (Fsp3) is 0.333. The number of carbonyl (C=O) groups excluding carboxylic acids is 1. The van der Waals surface area contributed by atoms with Crippen LogP contribution in [0.1, 0.15) is 15.9 Å². The van der Waals surface area contributed by atoms with Crippen LogP contribution in [-0.4, -0.2) is 64.1 Å². The number of hydrogen-bond acceptors (Lipinski definition) is 7. The maximum Gasteiger partial charge on any atom is 0.298 e. The van der Waals surface area contributed by atoms with Crippen molar-refractivity contribution in [2.75, 3.05) is 38.2 Å². The van der Waals surface area contributed by atoms with Gasteiger partial charge in [0.15, 0.2) is 5.58 Å². The molecule has 2 aromatic heterocycles. The summed E-state index contributed by atoms with van der Waals surface area (Å²) in [5.41, 5.74) is 3.91. The maximum absolute atomic E-state index is 13.5. The number of likely N-dealkylation sites (tertiary alicyclic amines) is 1. The Morgan fingerprint density at radius 3 is 2.52 bits per heavy atom. The molecule has 168 valence electrons. The lowest BCUT2D eigenvalue weighted by molar-refractivity contribution is 0.0782. The Bertz CT molecular complexity index is 1320. The number of carbonyl (C=O) groups is 1. The first kappa shape index (κ1) is 19.8. The van der Waals surface area contributed by atoms with Gasteiger partial charge in [-0.15, -0.1) is 0 Å². The molecule has 2 aliphatic rings. The monoisotopic (exact) mass is 444 g/mol. The van der Waals surface area contributed by atoms with Crippen molar-refractivity contribution in [1.29, 1.82) is 0 Å². The average Bonchev–Trinajstić information content (AvgIpc) is 3.60. The summed E-state index contributed by atoms with van der Waals surface area (Å²) >= 11 is 0. The summed E-state index contributed by atoms with van der Waals surface area (Å²) in [5.74, 6) is 1.56. The van der Waals surface area contributed by atoms with Crippen LogP contribution < -0.4 is 9.64 Å². The van der Waals surface area contributed by atoms with E-state index in [0.29, 0.717) is 42.2 Å². The lowest BCUT2D eigenvalue weighted by atomic mass is 10.0. The van der Waals surface area contributed by atoms with Crippen molar-refractivity contribution in [3.8, 4) is 11.4 Å². The van der Waals surface area contributed by atoms with E-state index in [1.54, 1.807) is 19.5 Å². The molecule has 0 radical (unpaired) electrons. The highest BCUT2D eigenvalue weighted by Gasteiger charge is 2.43. The van der Waals surface area contributed by atoms with Gasteiger partial charge in [-0.2, -0.15) is 20.0 Å². The number of aryl methyl sites for hydroxylation is 1. The summed E-state index contributed by atoms with van der Waals surface area (Å²) in [6.07, 6.45) is 3.23. The van der Waals surface area contributed by atoms with Crippen molar-refractivity contribution in [3.63, 3.8) is 0 Å². The zero-order chi connectivity index (χ0) is 22.5. The van der Waals surface area contributed by atoms with Gasteiger partial charge in [-0.1, -0.05) is 11.6 Å². The van der Waals surface area contributed by atoms with Gasteiger partial charge in [-0.25, -0.2) is 0 Å². The number of rotatable bonds is 4. The molecule has 2 fully saturated rings. The van der Waals surface area contributed by atoms with Crippen LogP contribution in [0.15, 0.2) is 53.2 Å². The van der Waals surface area contributed by atoms with Gasteiger partial charge in [-0.3, -0.25) is 4.79 Å². The fourth-order valence-electron chi connectivity index (χ4n) is 4.98. The Morgan fingerprint density at radius 2 is 1.79 bits per heavy atom. The Balaban J connectivity index is 1.19. The normalized spacial score (nSPS) is 19.9. The Labute approximate surface area is 190 Å². The van der Waals surface area contributed by atoms with Gasteiger partial charge >= 0.3 is 0 Å². The first-order valence-electron chi connectivity index (χ1n) is 11.0. The summed E-state index contributed by atoms with van der Waals surface area (Å²) in [6.45, 7) is 5.06. The molecule has 0 spiro atoms. The second-order valence-electron chi connectivity index (χ2n) is 8.80. The zero-order valence-corrected chi connectivity index (χ0v) is 18.5. The van der Waals surface area contributed by atoms with Crippen LogP contribution in [0, 0.1) is 18.8 Å². The lowest BCUT2D eigenvalue weighted by Gasteiger charge is -2.22. The summed E-state index contributed by atoms with van der Waals surface area (Å²) < 4.78 is 11.3. The fourth-order valence-corrected chi connectivity index (χ4v) is 4.98. The van der Waals surface area contributed by atoms with E-state index in [9.17, 15) is 4.79 Å². The molecule has 2 saturated heterocycles. The number of anilines is 1. The highest BCUT2D eigenvalue weighted by atomic mass is 16.5. The van der Waals surface area contributed by atoms with Crippen LogP contribution in [0.4, 0.5) is 6.01 Å². The number of oxazole rings is 1. The van der Waals surface area contributed by atoms with Crippen molar-refractivity contribution in [1.82, 2.24) is 24.9 Å². The molecule has 0 saturated carbocycles. The van der Waals surface area contributed by atoms with E-state index in [4.69, 9.17) is 9.15 Å². The Hall–Kier alpha value is -3.88. The summed E-state index contributed by atoms with van der Waals surface area (Å²) in [5, 5.41) is 8.44. The zero-order valence-electron chi connectivity index (χ0n) is 18.5. The summed E-state index contributed by atoms with van der Waals surface area (Å²) in [4.78, 5) is 23.8. The third-order valence-electron chi connectivity index (χ3n) is 6.64. The van der Waals surface area contributed by atoms with E-state index < -0.39 is 0 Å². The van der Waals surface area contributed by atoms with Crippen LogP contribution >= 0.6 is 0 Å². The van der Waals surface area contributed by atoms with Crippen molar-refractivity contribution < 1.29 is 13.9 Å². The van der Waals surface area contributed by atoms with Crippen LogP contribution in [0.3, 0.4) is 0 Å². The summed E-state index contributed by atoms with van der Waals surface area (Å²) in [6, 6.07) is 12.1. The van der Waals surface area contributed by atoms with Gasteiger partial charge in [0.2, 0.25) is 0 Å². The predicted octanol–water partition coefficient (Wildman–Crippen LogP) is 2.93. The van der Waals surface area contributed by atoms with Gasteiger partial charge in [0.05, 0.1) is 30.8 Å². The van der Waals surface area contributed by atoms with E-state index in [0.717, 1.165) is 35.5 Å². The number of benzene rings is 2. The van der Waals surface area contributed by atoms with Gasteiger partial charge in [0.25, 0.3) is 11.9 Å². The molecule has 6 rings (SSSR count). The molecule has 4 aromatic rings. The minimum atomic E-state index is 0.0286. The first-order chi connectivity index (χ1) is 16.1. The second-order valence-corrected chi connectivity index (χ2v) is 8.80. The number of methoxy groups -OCH3 is 1. The van der Waals surface area contributed by atoms with Crippen molar-refractivity contribution in [3.05, 3.63) is 59.9 Å². The van der Waals surface area contributed by atoms with Crippen molar-refractivity contribution >= 4 is 23.0 Å². The number of hydrogen-bond donors (Lipinski definition) is 0. The van der Waals surface area contributed by atoms with Crippen molar-refractivity contribution in [2.45, 2.75) is 6.92 Å². The molecule has 2 unspecified atom stereocenters. The molecule has 0 N–H and O–H groups in total. The van der Waals surface area contributed by atoms with E-state index in [1.807, 2.05) is 48.2 Å². The molecular formula is C24H24N6O3. The third-order valence-corrected chi connectivity index (χ3v) is 6.64.